The number of ether oxygens (including phenoxy) is 3. The maximum atomic E-state index is 12.1. The number of fused-ring (bicyclic) bond motifs is 4. The molecule has 148 valence electrons. The second-order valence-corrected chi connectivity index (χ2v) is 7.52. The van der Waals surface area contributed by atoms with Crippen LogP contribution in [-0.4, -0.2) is 38.6 Å². The molecular formula is C23H27NO4. The van der Waals surface area contributed by atoms with E-state index in [1.807, 2.05) is 6.07 Å². The molecule has 2 heterocycles. The highest BCUT2D eigenvalue weighted by Gasteiger charge is 2.33. The van der Waals surface area contributed by atoms with E-state index in [0.29, 0.717) is 11.3 Å². The molecule has 0 unspecified atom stereocenters. The van der Waals surface area contributed by atoms with Gasteiger partial charge in [0.1, 0.15) is 5.75 Å². The van der Waals surface area contributed by atoms with Crippen LogP contribution in [0.1, 0.15) is 52.0 Å². The molecule has 0 spiro atoms. The number of carbonyl (C=O) groups is 1. The minimum Gasteiger partial charge on any atom is -0.496 e. The van der Waals surface area contributed by atoms with Crippen LogP contribution in [0.3, 0.4) is 0 Å². The highest BCUT2D eigenvalue weighted by atomic mass is 16.5. The van der Waals surface area contributed by atoms with Gasteiger partial charge >= 0.3 is 0 Å². The Kier molecular flexibility index (Phi) is 5.02. The number of benzene rings is 2. The summed E-state index contributed by atoms with van der Waals surface area (Å²) in [6.07, 6.45) is 2.93. The predicted molar refractivity (Wildman–Crippen MR) is 108 cm³/mol. The van der Waals surface area contributed by atoms with E-state index in [9.17, 15) is 4.79 Å². The molecule has 1 atom stereocenters. The number of ketones is 1. The first kappa shape index (κ1) is 18.8. The van der Waals surface area contributed by atoms with Crippen LogP contribution < -0.4 is 14.2 Å². The second kappa shape index (κ2) is 7.47. The molecule has 0 aliphatic carbocycles. The van der Waals surface area contributed by atoms with E-state index in [4.69, 9.17) is 14.2 Å². The summed E-state index contributed by atoms with van der Waals surface area (Å²) in [4.78, 5) is 14.7. The fourth-order valence-electron chi connectivity index (χ4n) is 4.69. The van der Waals surface area contributed by atoms with Crippen LogP contribution in [0.15, 0.2) is 24.3 Å². The minimum absolute atomic E-state index is 0.0417. The van der Waals surface area contributed by atoms with Gasteiger partial charge in [0.15, 0.2) is 17.3 Å². The molecule has 5 nitrogen and oxygen atoms in total. The molecule has 0 aromatic heterocycles. The van der Waals surface area contributed by atoms with Crippen molar-refractivity contribution in [3.05, 3.63) is 52.1 Å². The van der Waals surface area contributed by atoms with Gasteiger partial charge in [-0.2, -0.15) is 0 Å². The van der Waals surface area contributed by atoms with Gasteiger partial charge in [0, 0.05) is 24.7 Å². The molecule has 2 aromatic rings. The number of hydrogen-bond donors (Lipinski definition) is 0. The zero-order valence-electron chi connectivity index (χ0n) is 17.0. The molecule has 4 rings (SSSR count). The van der Waals surface area contributed by atoms with Crippen molar-refractivity contribution in [3.8, 4) is 17.2 Å². The van der Waals surface area contributed by atoms with Gasteiger partial charge in [-0.3, -0.25) is 9.69 Å². The number of aryl methyl sites for hydroxylation is 1. The van der Waals surface area contributed by atoms with Crippen LogP contribution in [0, 0.1) is 0 Å². The van der Waals surface area contributed by atoms with Crippen molar-refractivity contribution in [2.45, 2.75) is 38.8 Å². The summed E-state index contributed by atoms with van der Waals surface area (Å²) in [7, 11) is 5.01. The van der Waals surface area contributed by atoms with Gasteiger partial charge in [-0.15, -0.1) is 0 Å². The summed E-state index contributed by atoms with van der Waals surface area (Å²) in [6, 6.07) is 8.56. The standard InChI is InChI=1S/C23H27NO4/c1-14(25)17-12-18-16(11-22(17)27-3)9-10-24-13-19-15(5-7-20(18)24)6-8-21(26-2)23(19)28-4/h6,8,11-12,20H,5,7,9-10,13H2,1-4H3/t20-/m0/s1. The normalized spacial score (nSPS) is 18.4. The van der Waals surface area contributed by atoms with Crippen molar-refractivity contribution in [2.75, 3.05) is 27.9 Å². The van der Waals surface area contributed by atoms with Crippen LogP contribution in [0.25, 0.3) is 0 Å². The number of methoxy groups -OCH3 is 3. The Morgan fingerprint density at radius 2 is 1.79 bits per heavy atom. The Labute approximate surface area is 166 Å². The van der Waals surface area contributed by atoms with E-state index >= 15 is 0 Å². The zero-order chi connectivity index (χ0) is 19.8. The van der Waals surface area contributed by atoms with Crippen LogP contribution in [0.5, 0.6) is 17.2 Å². The molecule has 2 aliphatic heterocycles. The Bertz CT molecular complexity index is 921. The summed E-state index contributed by atoms with van der Waals surface area (Å²) in [5, 5.41) is 0. The number of Topliss-reactive ketones (excluding diaryl/α,β-unsaturated/α-hetero) is 1. The fraction of sp³-hybridized carbons (Fsp3) is 0.435. The minimum atomic E-state index is 0.0417. The van der Waals surface area contributed by atoms with Crippen molar-refractivity contribution in [1.82, 2.24) is 4.90 Å². The number of hydrogen-bond acceptors (Lipinski definition) is 5. The number of nitrogens with zero attached hydrogens (tertiary/aromatic N) is 1. The smallest absolute Gasteiger partial charge is 0.165 e. The lowest BCUT2D eigenvalue weighted by atomic mass is 9.87. The monoisotopic (exact) mass is 381 g/mol. The van der Waals surface area contributed by atoms with Gasteiger partial charge < -0.3 is 14.2 Å². The average Bonchev–Trinajstić information content (AvgIpc) is 2.91. The third-order valence-corrected chi connectivity index (χ3v) is 6.10. The molecule has 0 saturated heterocycles. The Morgan fingerprint density at radius 3 is 2.46 bits per heavy atom. The highest BCUT2D eigenvalue weighted by Crippen LogP contribution is 2.43. The molecule has 28 heavy (non-hydrogen) atoms. The van der Waals surface area contributed by atoms with Crippen LogP contribution in [-0.2, 0) is 19.4 Å². The van der Waals surface area contributed by atoms with Crippen molar-refractivity contribution in [3.63, 3.8) is 0 Å². The molecule has 0 amide bonds. The van der Waals surface area contributed by atoms with Gasteiger partial charge in [-0.25, -0.2) is 0 Å². The first-order valence-electron chi connectivity index (χ1n) is 9.75. The molecule has 0 N–H and O–H groups in total. The quantitative estimate of drug-likeness (QED) is 0.751. The lowest BCUT2D eigenvalue weighted by Crippen LogP contribution is -2.34. The van der Waals surface area contributed by atoms with Crippen LogP contribution in [0.4, 0.5) is 0 Å². The summed E-state index contributed by atoms with van der Waals surface area (Å²) < 4.78 is 16.7. The Hall–Kier alpha value is -2.53. The number of rotatable bonds is 4. The molecule has 0 radical (unpaired) electrons. The molecule has 0 saturated carbocycles. The molecule has 2 aliphatic rings. The maximum Gasteiger partial charge on any atom is 0.165 e. The van der Waals surface area contributed by atoms with Crippen LogP contribution in [0.2, 0.25) is 0 Å². The average molecular weight is 381 g/mol. The van der Waals surface area contributed by atoms with Crippen molar-refractivity contribution in [2.24, 2.45) is 0 Å². The Morgan fingerprint density at radius 1 is 1.00 bits per heavy atom. The molecule has 5 heteroatoms. The lowest BCUT2D eigenvalue weighted by molar-refractivity contribution is 0.101. The van der Waals surface area contributed by atoms with Gasteiger partial charge in [0.25, 0.3) is 0 Å². The fourth-order valence-corrected chi connectivity index (χ4v) is 4.69. The van der Waals surface area contributed by atoms with Crippen molar-refractivity contribution in [1.29, 1.82) is 0 Å². The molecular weight excluding hydrogens is 354 g/mol. The third-order valence-electron chi connectivity index (χ3n) is 6.10. The van der Waals surface area contributed by atoms with Crippen molar-refractivity contribution < 1.29 is 19.0 Å². The first-order chi connectivity index (χ1) is 13.6. The van der Waals surface area contributed by atoms with Gasteiger partial charge in [0.05, 0.1) is 26.9 Å². The van der Waals surface area contributed by atoms with Gasteiger partial charge in [-0.1, -0.05) is 6.07 Å². The topological polar surface area (TPSA) is 48.0 Å². The van der Waals surface area contributed by atoms with Crippen molar-refractivity contribution >= 4 is 5.78 Å². The van der Waals surface area contributed by atoms with E-state index < -0.39 is 0 Å². The second-order valence-electron chi connectivity index (χ2n) is 7.52. The van der Waals surface area contributed by atoms with Gasteiger partial charge in [-0.05, 0) is 61.1 Å². The molecule has 0 bridgehead atoms. The maximum absolute atomic E-state index is 12.1. The number of carbonyl (C=O) groups excluding carboxylic acids is 1. The summed E-state index contributed by atoms with van der Waals surface area (Å²) >= 11 is 0. The zero-order valence-corrected chi connectivity index (χ0v) is 17.0. The Balaban J connectivity index is 1.76. The van der Waals surface area contributed by atoms with E-state index in [1.165, 1.54) is 22.3 Å². The van der Waals surface area contributed by atoms with E-state index in [2.05, 4.69) is 23.1 Å². The van der Waals surface area contributed by atoms with E-state index in [-0.39, 0.29) is 11.8 Å². The highest BCUT2D eigenvalue weighted by molar-refractivity contribution is 5.97. The summed E-state index contributed by atoms with van der Waals surface area (Å²) in [5.74, 6) is 2.34. The SMILES string of the molecule is COc1cc2c(cc1C(C)=O)[C@@H]1CCc3ccc(OC)c(OC)c3CN1CC2. The van der Waals surface area contributed by atoms with E-state index in [0.717, 1.165) is 43.9 Å². The summed E-state index contributed by atoms with van der Waals surface area (Å²) in [6.45, 7) is 3.40. The third kappa shape index (κ3) is 3.04. The van der Waals surface area contributed by atoms with Gasteiger partial charge in [0.2, 0.25) is 0 Å². The lowest BCUT2D eigenvalue weighted by Gasteiger charge is -2.37. The van der Waals surface area contributed by atoms with E-state index in [1.54, 1.807) is 28.3 Å². The van der Waals surface area contributed by atoms with Crippen LogP contribution >= 0.6 is 0 Å². The molecule has 0 fully saturated rings. The summed E-state index contributed by atoms with van der Waals surface area (Å²) in [5.41, 5.74) is 5.75. The predicted octanol–water partition coefficient (Wildman–Crippen LogP) is 3.96. The first-order valence-corrected chi connectivity index (χ1v) is 9.75. The largest absolute Gasteiger partial charge is 0.496 e. The molecule has 2 aromatic carbocycles.